The van der Waals surface area contributed by atoms with Crippen LogP contribution in [0.15, 0.2) is 91.0 Å². The lowest BCUT2D eigenvalue weighted by molar-refractivity contribution is -0.136. The van der Waals surface area contributed by atoms with Gasteiger partial charge in [0.15, 0.2) is 0 Å². The summed E-state index contributed by atoms with van der Waals surface area (Å²) in [5.41, 5.74) is 1.72. The minimum atomic E-state index is -0.562. The van der Waals surface area contributed by atoms with Crippen LogP contribution in [0.3, 0.4) is 0 Å². The highest BCUT2D eigenvalue weighted by molar-refractivity contribution is 5.87. The summed E-state index contributed by atoms with van der Waals surface area (Å²) in [5.74, 6) is 0.131. The fraction of sp³-hybridized carbons (Fsp3) is 0.208. The second-order valence-electron chi connectivity index (χ2n) is 6.81. The monoisotopic (exact) mass is 343 g/mol. The molecule has 1 aliphatic rings. The molecule has 2 aromatic carbocycles. The van der Waals surface area contributed by atoms with Gasteiger partial charge >= 0.3 is 0 Å². The first-order chi connectivity index (χ1) is 12.7. The van der Waals surface area contributed by atoms with E-state index in [0.717, 1.165) is 17.5 Å². The molecule has 2 heteroatoms. The summed E-state index contributed by atoms with van der Waals surface area (Å²) in [5, 5.41) is 0. The lowest BCUT2D eigenvalue weighted by Crippen LogP contribution is -2.40. The third-order valence-corrected chi connectivity index (χ3v) is 4.60. The van der Waals surface area contributed by atoms with E-state index >= 15 is 0 Å². The topological polar surface area (TPSA) is 20.3 Å². The van der Waals surface area contributed by atoms with Crippen molar-refractivity contribution in [1.82, 2.24) is 4.90 Å². The van der Waals surface area contributed by atoms with Gasteiger partial charge in [0.2, 0.25) is 5.91 Å². The molecule has 0 saturated carbocycles. The summed E-state index contributed by atoms with van der Waals surface area (Å²) in [7, 11) is 0. The number of allylic oxidation sites excluding steroid dienone is 2. The highest BCUT2D eigenvalue weighted by Crippen LogP contribution is 2.28. The molecule has 0 heterocycles. The SMILES string of the molecule is CC1(C(=O)N(C/C=C/c2ccccc2)Cc2ccccc2)C=CCC=C1. The first-order valence-corrected chi connectivity index (χ1v) is 9.08. The number of hydrogen-bond donors (Lipinski definition) is 0. The number of rotatable bonds is 6. The number of carbonyl (C=O) groups excluding carboxylic acids is 1. The van der Waals surface area contributed by atoms with Gasteiger partial charge in [-0.2, -0.15) is 0 Å². The molecule has 0 aromatic heterocycles. The van der Waals surface area contributed by atoms with Gasteiger partial charge in [0.1, 0.15) is 0 Å². The number of carbonyl (C=O) groups is 1. The van der Waals surface area contributed by atoms with Crippen molar-refractivity contribution in [2.24, 2.45) is 5.41 Å². The Morgan fingerprint density at radius 1 is 1.00 bits per heavy atom. The molecule has 0 unspecified atom stereocenters. The maximum atomic E-state index is 13.3. The van der Waals surface area contributed by atoms with E-state index < -0.39 is 5.41 Å². The molecule has 132 valence electrons. The van der Waals surface area contributed by atoms with Crippen molar-refractivity contribution in [2.45, 2.75) is 19.9 Å². The largest absolute Gasteiger partial charge is 0.334 e. The van der Waals surface area contributed by atoms with E-state index in [1.165, 1.54) is 0 Å². The van der Waals surface area contributed by atoms with Crippen molar-refractivity contribution in [3.63, 3.8) is 0 Å². The molecule has 0 aliphatic heterocycles. The quantitative estimate of drug-likeness (QED) is 0.656. The van der Waals surface area contributed by atoms with Gasteiger partial charge in [0, 0.05) is 13.1 Å². The maximum Gasteiger partial charge on any atom is 0.236 e. The van der Waals surface area contributed by atoms with Crippen LogP contribution >= 0.6 is 0 Å². The normalized spacial score (nSPS) is 15.3. The zero-order valence-electron chi connectivity index (χ0n) is 15.2. The molecule has 0 radical (unpaired) electrons. The maximum absolute atomic E-state index is 13.3. The van der Waals surface area contributed by atoms with Crippen LogP contribution in [-0.4, -0.2) is 17.4 Å². The summed E-state index contributed by atoms with van der Waals surface area (Å²) in [4.78, 5) is 15.2. The molecule has 0 N–H and O–H groups in total. The molecule has 0 fully saturated rings. The number of hydrogen-bond acceptors (Lipinski definition) is 1. The van der Waals surface area contributed by atoms with Gasteiger partial charge in [-0.05, 0) is 24.5 Å². The van der Waals surface area contributed by atoms with Gasteiger partial charge in [-0.25, -0.2) is 0 Å². The van der Waals surface area contributed by atoms with Crippen LogP contribution in [-0.2, 0) is 11.3 Å². The first-order valence-electron chi connectivity index (χ1n) is 9.08. The molecule has 26 heavy (non-hydrogen) atoms. The van der Waals surface area contributed by atoms with Gasteiger partial charge in [-0.3, -0.25) is 4.79 Å². The second-order valence-corrected chi connectivity index (χ2v) is 6.81. The molecule has 1 amide bonds. The standard InChI is InChI=1S/C24H25NO/c1-24(17-9-4-10-18-24)23(26)25(20-22-14-7-3-8-15-22)19-11-16-21-12-5-2-6-13-21/h2-3,5-18H,4,19-20H2,1H3/b16-11+. The Morgan fingerprint density at radius 2 is 1.62 bits per heavy atom. The second kappa shape index (κ2) is 8.48. The Labute approximate surface area is 156 Å². The lowest BCUT2D eigenvalue weighted by Gasteiger charge is -2.31. The Hall–Kier alpha value is -2.87. The molecular formula is C24H25NO. The highest BCUT2D eigenvalue weighted by atomic mass is 16.2. The average Bonchev–Trinajstić information content (AvgIpc) is 2.69. The third-order valence-electron chi connectivity index (χ3n) is 4.60. The van der Waals surface area contributed by atoms with Crippen molar-refractivity contribution >= 4 is 12.0 Å². The highest BCUT2D eigenvalue weighted by Gasteiger charge is 2.32. The van der Waals surface area contributed by atoms with Crippen LogP contribution in [0.5, 0.6) is 0 Å². The molecule has 2 aromatic rings. The first kappa shape index (κ1) is 17.9. The van der Waals surface area contributed by atoms with E-state index in [1.807, 2.05) is 60.4 Å². The number of nitrogens with zero attached hydrogens (tertiary/aromatic N) is 1. The van der Waals surface area contributed by atoms with Crippen LogP contribution in [0, 0.1) is 5.41 Å². The Morgan fingerprint density at radius 3 is 2.27 bits per heavy atom. The summed E-state index contributed by atoms with van der Waals surface area (Å²) in [6.07, 6.45) is 13.2. The van der Waals surface area contributed by atoms with E-state index in [1.54, 1.807) is 0 Å². The van der Waals surface area contributed by atoms with Crippen molar-refractivity contribution in [1.29, 1.82) is 0 Å². The zero-order chi connectivity index (χ0) is 18.2. The summed E-state index contributed by atoms with van der Waals surface area (Å²) < 4.78 is 0. The minimum absolute atomic E-state index is 0.131. The third kappa shape index (κ3) is 4.60. The molecule has 3 rings (SSSR count). The summed E-state index contributed by atoms with van der Waals surface area (Å²) >= 11 is 0. The van der Waals surface area contributed by atoms with Gasteiger partial charge in [0.05, 0.1) is 5.41 Å². The Balaban J connectivity index is 1.78. The van der Waals surface area contributed by atoms with Gasteiger partial charge in [-0.15, -0.1) is 0 Å². The summed E-state index contributed by atoms with van der Waals surface area (Å²) in [6, 6.07) is 20.3. The van der Waals surface area contributed by atoms with E-state index in [9.17, 15) is 4.79 Å². The molecule has 0 atom stereocenters. The Bertz CT molecular complexity index is 791. The fourth-order valence-corrected chi connectivity index (χ4v) is 3.15. The van der Waals surface area contributed by atoms with Gasteiger partial charge in [-0.1, -0.05) is 97.1 Å². The summed E-state index contributed by atoms with van der Waals surface area (Å²) in [6.45, 7) is 3.18. The average molecular weight is 343 g/mol. The van der Waals surface area contributed by atoms with Gasteiger partial charge < -0.3 is 4.90 Å². The predicted octanol–water partition coefficient (Wildman–Crippen LogP) is 5.25. The van der Waals surface area contributed by atoms with Crippen molar-refractivity contribution in [3.8, 4) is 0 Å². The van der Waals surface area contributed by atoms with Crippen LogP contribution in [0.4, 0.5) is 0 Å². The number of benzene rings is 2. The van der Waals surface area contributed by atoms with Crippen molar-refractivity contribution in [3.05, 3.63) is 102 Å². The zero-order valence-corrected chi connectivity index (χ0v) is 15.2. The van der Waals surface area contributed by atoms with Crippen LogP contribution < -0.4 is 0 Å². The van der Waals surface area contributed by atoms with E-state index in [0.29, 0.717) is 13.1 Å². The van der Waals surface area contributed by atoms with E-state index in [4.69, 9.17) is 0 Å². The predicted molar refractivity (Wildman–Crippen MR) is 108 cm³/mol. The molecular weight excluding hydrogens is 318 g/mol. The van der Waals surface area contributed by atoms with Crippen LogP contribution in [0.2, 0.25) is 0 Å². The fourth-order valence-electron chi connectivity index (χ4n) is 3.15. The van der Waals surface area contributed by atoms with Gasteiger partial charge in [0.25, 0.3) is 0 Å². The smallest absolute Gasteiger partial charge is 0.236 e. The number of amides is 1. The van der Waals surface area contributed by atoms with E-state index in [2.05, 4.69) is 48.6 Å². The minimum Gasteiger partial charge on any atom is -0.334 e. The Kier molecular flexibility index (Phi) is 5.85. The molecule has 0 bridgehead atoms. The lowest BCUT2D eigenvalue weighted by atomic mass is 9.84. The van der Waals surface area contributed by atoms with Crippen LogP contribution in [0.25, 0.3) is 6.08 Å². The molecule has 0 saturated heterocycles. The molecule has 2 nitrogen and oxygen atoms in total. The molecule has 1 aliphatic carbocycles. The van der Waals surface area contributed by atoms with Crippen molar-refractivity contribution in [2.75, 3.05) is 6.54 Å². The van der Waals surface area contributed by atoms with E-state index in [-0.39, 0.29) is 5.91 Å². The van der Waals surface area contributed by atoms with Crippen molar-refractivity contribution < 1.29 is 4.79 Å². The van der Waals surface area contributed by atoms with Crippen LogP contribution in [0.1, 0.15) is 24.5 Å². The molecule has 0 spiro atoms.